The highest BCUT2D eigenvalue weighted by Crippen LogP contribution is 2.27. The molecule has 4 rings (SSSR count). The van der Waals surface area contributed by atoms with Gasteiger partial charge in [0.25, 0.3) is 0 Å². The zero-order valence-electron chi connectivity index (χ0n) is 16.7. The molecule has 0 spiro atoms. The third-order valence-electron chi connectivity index (χ3n) is 4.62. The number of amides is 1. The van der Waals surface area contributed by atoms with Crippen LogP contribution in [0.3, 0.4) is 0 Å². The molecule has 0 saturated carbocycles. The van der Waals surface area contributed by atoms with E-state index >= 15 is 0 Å². The molecule has 31 heavy (non-hydrogen) atoms. The van der Waals surface area contributed by atoms with E-state index in [2.05, 4.69) is 21.6 Å². The summed E-state index contributed by atoms with van der Waals surface area (Å²) in [6.07, 6.45) is 0.815. The van der Waals surface area contributed by atoms with E-state index in [1.807, 2.05) is 46.3 Å². The molecule has 0 atom stereocenters. The lowest BCUT2D eigenvalue weighted by atomic mass is 10.2. The number of benzene rings is 2. The van der Waals surface area contributed by atoms with E-state index in [9.17, 15) is 9.18 Å². The minimum atomic E-state index is -0.355. The molecule has 0 unspecified atom stereocenters. The maximum Gasteiger partial charge on any atom is 0.230 e. The Balaban J connectivity index is 1.47. The standard InChI is InChI=1S/C23H21FN4OS2/c24-20-11-5-4-10-19(20)22-26-27-23(28(22)15-17-7-2-1-3-8-17)31-16-21(29)25-13-12-18-9-6-14-30-18/h1-11,14H,12-13,15-16H2,(H,25,29). The molecular weight excluding hydrogens is 431 g/mol. The number of rotatable bonds is 9. The number of hydrogen-bond donors (Lipinski definition) is 1. The van der Waals surface area contributed by atoms with E-state index in [0.29, 0.717) is 29.6 Å². The Morgan fingerprint density at radius 2 is 1.84 bits per heavy atom. The molecule has 0 aliphatic rings. The Kier molecular flexibility index (Phi) is 7.11. The summed E-state index contributed by atoms with van der Waals surface area (Å²) in [6, 6.07) is 20.4. The smallest absolute Gasteiger partial charge is 0.230 e. The van der Waals surface area contributed by atoms with Crippen LogP contribution >= 0.6 is 23.1 Å². The van der Waals surface area contributed by atoms with Gasteiger partial charge in [0.2, 0.25) is 5.91 Å². The van der Waals surface area contributed by atoms with E-state index in [1.165, 1.54) is 22.7 Å². The molecule has 0 aliphatic heterocycles. The van der Waals surface area contributed by atoms with E-state index in [-0.39, 0.29) is 17.5 Å². The first kappa shape index (κ1) is 21.3. The van der Waals surface area contributed by atoms with Gasteiger partial charge in [0.05, 0.1) is 17.9 Å². The zero-order valence-corrected chi connectivity index (χ0v) is 18.3. The zero-order chi connectivity index (χ0) is 21.5. The lowest BCUT2D eigenvalue weighted by Gasteiger charge is -2.11. The maximum atomic E-state index is 14.4. The molecule has 0 radical (unpaired) electrons. The number of hydrogen-bond acceptors (Lipinski definition) is 5. The molecular formula is C23H21FN4OS2. The van der Waals surface area contributed by atoms with Crippen molar-refractivity contribution in [1.82, 2.24) is 20.1 Å². The van der Waals surface area contributed by atoms with Crippen molar-refractivity contribution in [2.45, 2.75) is 18.1 Å². The topological polar surface area (TPSA) is 59.8 Å². The van der Waals surface area contributed by atoms with Crippen LogP contribution in [-0.2, 0) is 17.8 Å². The molecule has 2 heterocycles. The van der Waals surface area contributed by atoms with Crippen molar-refractivity contribution in [3.8, 4) is 11.4 Å². The van der Waals surface area contributed by atoms with Crippen molar-refractivity contribution >= 4 is 29.0 Å². The van der Waals surface area contributed by atoms with Crippen molar-refractivity contribution in [2.75, 3.05) is 12.3 Å². The molecule has 158 valence electrons. The highest BCUT2D eigenvalue weighted by atomic mass is 32.2. The van der Waals surface area contributed by atoms with Crippen LogP contribution in [0.25, 0.3) is 11.4 Å². The minimum absolute atomic E-state index is 0.0664. The van der Waals surface area contributed by atoms with Gasteiger partial charge in [-0.05, 0) is 35.6 Å². The van der Waals surface area contributed by atoms with Crippen molar-refractivity contribution in [1.29, 1.82) is 0 Å². The van der Waals surface area contributed by atoms with Gasteiger partial charge in [0.15, 0.2) is 11.0 Å². The van der Waals surface area contributed by atoms with Gasteiger partial charge >= 0.3 is 0 Å². The van der Waals surface area contributed by atoms with E-state index in [1.54, 1.807) is 29.5 Å². The Morgan fingerprint density at radius 1 is 1.03 bits per heavy atom. The van der Waals surface area contributed by atoms with Gasteiger partial charge in [0, 0.05) is 11.4 Å². The Morgan fingerprint density at radius 3 is 2.61 bits per heavy atom. The second-order valence-corrected chi connectivity index (χ2v) is 8.80. The molecule has 5 nitrogen and oxygen atoms in total. The van der Waals surface area contributed by atoms with Crippen molar-refractivity contribution in [2.24, 2.45) is 0 Å². The fourth-order valence-corrected chi connectivity index (χ4v) is 4.58. The lowest BCUT2D eigenvalue weighted by Crippen LogP contribution is -2.27. The first-order valence-corrected chi connectivity index (χ1v) is 11.7. The molecule has 2 aromatic heterocycles. The Labute approximate surface area is 188 Å². The summed E-state index contributed by atoms with van der Waals surface area (Å²) in [5, 5.41) is 14.0. The van der Waals surface area contributed by atoms with Crippen LogP contribution < -0.4 is 5.32 Å². The molecule has 0 saturated heterocycles. The summed E-state index contributed by atoms with van der Waals surface area (Å²) in [5.41, 5.74) is 1.43. The Bertz CT molecular complexity index is 1130. The first-order chi connectivity index (χ1) is 15.2. The number of carbonyl (C=O) groups is 1. The third kappa shape index (κ3) is 5.59. The van der Waals surface area contributed by atoms with Crippen LogP contribution in [-0.4, -0.2) is 33.0 Å². The highest BCUT2D eigenvalue weighted by molar-refractivity contribution is 7.99. The average molecular weight is 453 g/mol. The van der Waals surface area contributed by atoms with Crippen molar-refractivity contribution in [3.05, 3.63) is 88.4 Å². The number of carbonyl (C=O) groups excluding carboxylic acids is 1. The van der Waals surface area contributed by atoms with Crippen molar-refractivity contribution in [3.63, 3.8) is 0 Å². The maximum absolute atomic E-state index is 14.4. The second-order valence-electron chi connectivity index (χ2n) is 6.83. The van der Waals surface area contributed by atoms with Crippen LogP contribution in [0.5, 0.6) is 0 Å². The van der Waals surface area contributed by atoms with Gasteiger partial charge < -0.3 is 5.32 Å². The molecule has 0 bridgehead atoms. The summed E-state index contributed by atoms with van der Waals surface area (Å²) in [6.45, 7) is 1.08. The molecule has 0 aliphatic carbocycles. The van der Waals surface area contributed by atoms with Crippen LogP contribution in [0.1, 0.15) is 10.4 Å². The second kappa shape index (κ2) is 10.4. The summed E-state index contributed by atoms with van der Waals surface area (Å²) >= 11 is 2.98. The van der Waals surface area contributed by atoms with Gasteiger partial charge in [-0.1, -0.05) is 60.3 Å². The Hall–Kier alpha value is -2.97. The van der Waals surface area contributed by atoms with Gasteiger partial charge in [-0.15, -0.1) is 21.5 Å². The van der Waals surface area contributed by atoms with E-state index in [4.69, 9.17) is 0 Å². The van der Waals surface area contributed by atoms with Gasteiger partial charge in [0.1, 0.15) is 5.82 Å². The number of nitrogens with zero attached hydrogens (tertiary/aromatic N) is 3. The van der Waals surface area contributed by atoms with E-state index < -0.39 is 0 Å². The summed E-state index contributed by atoms with van der Waals surface area (Å²) in [4.78, 5) is 13.5. The van der Waals surface area contributed by atoms with Crippen LogP contribution in [0.2, 0.25) is 0 Å². The molecule has 0 fully saturated rings. The molecule has 1 amide bonds. The normalized spacial score (nSPS) is 10.9. The van der Waals surface area contributed by atoms with Crippen LogP contribution in [0, 0.1) is 5.82 Å². The monoisotopic (exact) mass is 452 g/mol. The van der Waals surface area contributed by atoms with Crippen LogP contribution in [0.4, 0.5) is 4.39 Å². The highest BCUT2D eigenvalue weighted by Gasteiger charge is 2.18. The van der Waals surface area contributed by atoms with Gasteiger partial charge in [-0.2, -0.15) is 0 Å². The van der Waals surface area contributed by atoms with Gasteiger partial charge in [-0.25, -0.2) is 4.39 Å². The fraction of sp³-hybridized carbons (Fsp3) is 0.174. The lowest BCUT2D eigenvalue weighted by molar-refractivity contribution is -0.118. The molecule has 2 aromatic carbocycles. The number of halogens is 1. The fourth-order valence-electron chi connectivity index (χ4n) is 3.11. The predicted molar refractivity (Wildman–Crippen MR) is 123 cm³/mol. The number of nitrogens with one attached hydrogen (secondary N) is 1. The number of aromatic nitrogens is 3. The molecule has 4 aromatic rings. The predicted octanol–water partition coefficient (Wildman–Crippen LogP) is 4.65. The quantitative estimate of drug-likeness (QED) is 0.376. The van der Waals surface area contributed by atoms with E-state index in [0.717, 1.165) is 12.0 Å². The summed E-state index contributed by atoms with van der Waals surface area (Å²) in [5.74, 6) is 0.243. The first-order valence-electron chi connectivity index (χ1n) is 9.84. The summed E-state index contributed by atoms with van der Waals surface area (Å²) < 4.78 is 16.3. The number of thioether (sulfide) groups is 1. The average Bonchev–Trinajstić information content (AvgIpc) is 3.44. The van der Waals surface area contributed by atoms with Crippen molar-refractivity contribution < 1.29 is 9.18 Å². The van der Waals surface area contributed by atoms with Crippen LogP contribution in [0.15, 0.2) is 77.3 Å². The number of thiophene rings is 1. The largest absolute Gasteiger partial charge is 0.355 e. The molecule has 8 heteroatoms. The SMILES string of the molecule is O=C(CSc1nnc(-c2ccccc2F)n1Cc1ccccc1)NCCc1cccs1. The third-order valence-corrected chi connectivity index (χ3v) is 6.52. The molecule has 1 N–H and O–H groups in total. The summed E-state index contributed by atoms with van der Waals surface area (Å²) in [7, 11) is 0. The van der Waals surface area contributed by atoms with Gasteiger partial charge in [-0.3, -0.25) is 9.36 Å². The minimum Gasteiger partial charge on any atom is -0.355 e.